The van der Waals surface area contributed by atoms with Gasteiger partial charge in [-0.05, 0) is 25.5 Å². The summed E-state index contributed by atoms with van der Waals surface area (Å²) < 4.78 is 3.45. The third-order valence-electron chi connectivity index (χ3n) is 2.67. The molecule has 0 aliphatic rings. The molecule has 0 saturated carbocycles. The number of nitrogens with zero attached hydrogens (tertiary/aromatic N) is 2. The molecular weight excluding hydrogens is 206 g/mol. The van der Waals surface area contributed by atoms with Gasteiger partial charge in [-0.3, -0.25) is 0 Å². The van der Waals surface area contributed by atoms with Crippen LogP contribution in [0, 0.1) is 0 Å². The maximum Gasteiger partial charge on any atom is 0.208 e. The molecule has 15 heavy (non-hydrogen) atoms. The van der Waals surface area contributed by atoms with Crippen LogP contribution >= 0.6 is 11.3 Å². The summed E-state index contributed by atoms with van der Waals surface area (Å²) in [4.78, 5) is 0.894. The minimum absolute atomic E-state index is 0.434. The van der Waals surface area contributed by atoms with Crippen LogP contribution in [0.5, 0.6) is 0 Å². The second-order valence-corrected chi connectivity index (χ2v) is 4.62. The highest BCUT2D eigenvalue weighted by Crippen LogP contribution is 2.21. The molecule has 3 nitrogen and oxygen atoms in total. The van der Waals surface area contributed by atoms with Crippen LogP contribution in [-0.2, 0) is 0 Å². The van der Waals surface area contributed by atoms with Crippen molar-refractivity contribution >= 4 is 21.6 Å². The molecule has 1 atom stereocenters. The van der Waals surface area contributed by atoms with Crippen molar-refractivity contribution in [3.63, 3.8) is 0 Å². The predicted octanol–water partition coefficient (Wildman–Crippen LogP) is 2.45. The smallest absolute Gasteiger partial charge is 0.208 e. The molecule has 0 fully saturated rings. The highest BCUT2D eigenvalue weighted by atomic mass is 32.1. The third-order valence-corrected chi connectivity index (χ3v) is 3.72. The van der Waals surface area contributed by atoms with Gasteiger partial charge < -0.3 is 10.4 Å². The Morgan fingerprint density at radius 2 is 2.20 bits per heavy atom. The fourth-order valence-electron chi connectivity index (χ4n) is 1.69. The lowest BCUT2D eigenvalue weighted by molar-refractivity contribution is 0.532. The number of para-hydroxylation sites is 1. The van der Waals surface area contributed by atoms with Gasteiger partial charge in [0.1, 0.15) is 0 Å². The van der Waals surface area contributed by atoms with Gasteiger partial charge in [0, 0.05) is 6.04 Å². The minimum Gasteiger partial charge on any atom is -0.320 e. The van der Waals surface area contributed by atoms with Gasteiger partial charge >= 0.3 is 0 Å². The van der Waals surface area contributed by atoms with E-state index < -0.39 is 0 Å². The Kier molecular flexibility index (Phi) is 2.77. The fraction of sp³-hybridized carbons (Fsp3) is 0.364. The van der Waals surface area contributed by atoms with E-state index >= 15 is 0 Å². The van der Waals surface area contributed by atoms with Crippen LogP contribution < -0.4 is 10.6 Å². The molecule has 1 heterocycles. The fourth-order valence-corrected chi connectivity index (χ4v) is 2.73. The topological polar surface area (TPSA) is 43.3 Å². The number of nitrogens with two attached hydrogens (primary N) is 1. The molecule has 0 aliphatic carbocycles. The Balaban J connectivity index is 2.79. The summed E-state index contributed by atoms with van der Waals surface area (Å²) in [7, 11) is 0. The van der Waals surface area contributed by atoms with Crippen LogP contribution in [0.2, 0.25) is 0 Å². The molecule has 0 aliphatic heterocycles. The van der Waals surface area contributed by atoms with Crippen molar-refractivity contribution in [2.45, 2.75) is 26.3 Å². The molecule has 2 N–H and O–H groups in total. The van der Waals surface area contributed by atoms with Crippen molar-refractivity contribution in [2.75, 3.05) is 0 Å². The molecule has 80 valence electrons. The van der Waals surface area contributed by atoms with E-state index in [9.17, 15) is 0 Å². The first-order valence-corrected chi connectivity index (χ1v) is 5.93. The van der Waals surface area contributed by atoms with Crippen LogP contribution in [0.1, 0.15) is 26.3 Å². The lowest BCUT2D eigenvalue weighted by Gasteiger charge is -2.11. The Morgan fingerprint density at radius 1 is 1.47 bits per heavy atom. The number of fused-ring (bicyclic) bond motifs is 1. The van der Waals surface area contributed by atoms with E-state index in [1.165, 1.54) is 10.2 Å². The Morgan fingerprint density at radius 3 is 2.87 bits per heavy atom. The first-order valence-electron chi connectivity index (χ1n) is 5.12. The average Bonchev–Trinajstić information content (AvgIpc) is 2.66. The van der Waals surface area contributed by atoms with Crippen molar-refractivity contribution in [1.29, 1.82) is 0 Å². The molecule has 2 rings (SSSR count). The highest BCUT2D eigenvalue weighted by molar-refractivity contribution is 7.16. The van der Waals surface area contributed by atoms with E-state index in [-0.39, 0.29) is 0 Å². The van der Waals surface area contributed by atoms with E-state index in [0.29, 0.717) is 6.04 Å². The summed E-state index contributed by atoms with van der Waals surface area (Å²) in [6.45, 7) is 4.36. The Hall–Kier alpha value is -1.29. The molecule has 0 bridgehead atoms. The van der Waals surface area contributed by atoms with Crippen molar-refractivity contribution in [3.05, 3.63) is 29.1 Å². The minimum atomic E-state index is 0.434. The predicted molar refractivity (Wildman–Crippen MR) is 64.6 cm³/mol. The second kappa shape index (κ2) is 4.06. The maximum absolute atomic E-state index is 5.42. The van der Waals surface area contributed by atoms with Gasteiger partial charge in [-0.15, -0.1) is 0 Å². The Labute approximate surface area is 92.8 Å². The standard InChI is InChI=1S/C11H15N3S/c1-3-8(2)14-9-6-4-5-7-10(9)15-11(14)13-12/h4-8H,3,12H2,1-2H3. The zero-order valence-corrected chi connectivity index (χ0v) is 9.79. The molecule has 1 aromatic carbocycles. The summed E-state index contributed by atoms with van der Waals surface area (Å²) in [5.74, 6) is 5.42. The number of hydrogen-bond acceptors (Lipinski definition) is 3. The van der Waals surface area contributed by atoms with E-state index in [0.717, 1.165) is 11.2 Å². The normalized spacial score (nSPS) is 14.7. The molecule has 0 radical (unpaired) electrons. The molecule has 0 saturated heterocycles. The second-order valence-electron chi connectivity index (χ2n) is 3.61. The molecule has 1 aromatic heterocycles. The quantitative estimate of drug-likeness (QED) is 0.614. The number of aromatic nitrogens is 1. The molecule has 1 unspecified atom stereocenters. The van der Waals surface area contributed by atoms with Gasteiger partial charge in [0.2, 0.25) is 4.80 Å². The van der Waals surface area contributed by atoms with Crippen molar-refractivity contribution in [2.24, 2.45) is 10.9 Å². The van der Waals surface area contributed by atoms with Gasteiger partial charge in [0.05, 0.1) is 10.2 Å². The first kappa shape index (κ1) is 10.2. The monoisotopic (exact) mass is 221 g/mol. The van der Waals surface area contributed by atoms with Crippen LogP contribution in [0.4, 0.5) is 0 Å². The average molecular weight is 221 g/mol. The molecule has 4 heteroatoms. The van der Waals surface area contributed by atoms with Crippen LogP contribution in [-0.4, -0.2) is 4.57 Å². The Bertz CT molecular complexity index is 524. The third kappa shape index (κ3) is 1.65. The molecular formula is C11H15N3S. The highest BCUT2D eigenvalue weighted by Gasteiger charge is 2.09. The first-order chi connectivity index (χ1) is 7.27. The maximum atomic E-state index is 5.42. The van der Waals surface area contributed by atoms with Gasteiger partial charge in [-0.1, -0.05) is 30.4 Å². The summed E-state index contributed by atoms with van der Waals surface area (Å²) in [5, 5.41) is 3.86. The van der Waals surface area contributed by atoms with Crippen molar-refractivity contribution in [3.8, 4) is 0 Å². The van der Waals surface area contributed by atoms with Gasteiger partial charge in [-0.25, -0.2) is 0 Å². The van der Waals surface area contributed by atoms with Crippen molar-refractivity contribution in [1.82, 2.24) is 4.57 Å². The summed E-state index contributed by atoms with van der Waals surface area (Å²) in [5.41, 5.74) is 1.22. The number of benzene rings is 1. The zero-order chi connectivity index (χ0) is 10.8. The molecule has 0 amide bonds. The van der Waals surface area contributed by atoms with Gasteiger partial charge in [-0.2, -0.15) is 5.10 Å². The van der Waals surface area contributed by atoms with Gasteiger partial charge in [0.15, 0.2) is 0 Å². The summed E-state index contributed by atoms with van der Waals surface area (Å²) in [6.07, 6.45) is 1.08. The van der Waals surface area contributed by atoms with Gasteiger partial charge in [0.25, 0.3) is 0 Å². The van der Waals surface area contributed by atoms with Crippen molar-refractivity contribution < 1.29 is 0 Å². The number of thiazole rings is 1. The van der Waals surface area contributed by atoms with Crippen LogP contribution in [0.25, 0.3) is 10.2 Å². The molecule has 0 spiro atoms. The van der Waals surface area contributed by atoms with Crippen LogP contribution in [0.3, 0.4) is 0 Å². The zero-order valence-electron chi connectivity index (χ0n) is 8.97. The van der Waals surface area contributed by atoms with E-state index in [1.54, 1.807) is 11.3 Å². The summed E-state index contributed by atoms with van der Waals surface area (Å²) >= 11 is 1.64. The van der Waals surface area contributed by atoms with Crippen LogP contribution in [0.15, 0.2) is 29.4 Å². The SMILES string of the molecule is CCC(C)n1c(=NN)sc2ccccc21. The molecule has 2 aromatic rings. The summed E-state index contributed by atoms with van der Waals surface area (Å²) in [6, 6.07) is 8.75. The lowest BCUT2D eigenvalue weighted by atomic mass is 10.2. The number of rotatable bonds is 2. The van der Waals surface area contributed by atoms with E-state index in [1.807, 2.05) is 12.1 Å². The van der Waals surface area contributed by atoms with E-state index in [2.05, 4.69) is 35.6 Å². The lowest BCUT2D eigenvalue weighted by Crippen LogP contribution is -2.19. The largest absolute Gasteiger partial charge is 0.320 e. The number of hydrogen-bond donors (Lipinski definition) is 1. The van der Waals surface area contributed by atoms with E-state index in [4.69, 9.17) is 5.84 Å².